The molecule has 0 unspecified atom stereocenters. The Morgan fingerprint density at radius 3 is 2.52 bits per heavy atom. The second-order valence-electron chi connectivity index (χ2n) is 5.01. The molecule has 1 atom stereocenters. The Bertz CT molecular complexity index is 615. The number of carboxylic acids is 1. The molecule has 2 rings (SSSR count). The van der Waals surface area contributed by atoms with Crippen LogP contribution in [0.2, 0.25) is 0 Å². The maximum absolute atomic E-state index is 13.5. The maximum Gasteiger partial charge on any atom is 0.490 e. The van der Waals surface area contributed by atoms with Gasteiger partial charge in [-0.15, -0.1) is 0 Å². The van der Waals surface area contributed by atoms with Crippen molar-refractivity contribution in [1.82, 2.24) is 15.3 Å². The first-order chi connectivity index (χ1) is 11.6. The molecule has 1 aromatic heterocycles. The molecule has 0 aromatic carbocycles. The fourth-order valence-electron chi connectivity index (χ4n) is 1.84. The highest BCUT2D eigenvalue weighted by molar-refractivity contribution is 5.73. The van der Waals surface area contributed by atoms with Crippen molar-refractivity contribution in [1.29, 1.82) is 5.26 Å². The summed E-state index contributed by atoms with van der Waals surface area (Å²) in [5.74, 6) is -5.77. The standard InChI is InChI=1S/C11H13F2N5.C2HF3O2/c12-11(13)7-15-2-1-8(11)4-17-10-6-16-9(3-14)5-18-10;3-2(4,5)1(6)7/h5-6,8,15H,1-2,4,7H2,(H,17,18);(H,6,7)/t8-;/m1./s1. The SMILES string of the molecule is N#Cc1cnc(NC[C@H]2CCNCC2(F)F)cn1.O=C(O)C(F)(F)F. The minimum absolute atomic E-state index is 0.148. The first-order valence-electron chi connectivity index (χ1n) is 6.91. The number of carboxylic acid groups (broad SMARTS) is 1. The third-order valence-corrected chi connectivity index (χ3v) is 3.17. The predicted octanol–water partition coefficient (Wildman–Crippen LogP) is 1.64. The van der Waals surface area contributed by atoms with E-state index in [-0.39, 0.29) is 18.8 Å². The first kappa shape index (κ1) is 20.5. The molecule has 0 radical (unpaired) electrons. The molecule has 1 saturated heterocycles. The van der Waals surface area contributed by atoms with E-state index in [1.165, 1.54) is 12.4 Å². The van der Waals surface area contributed by atoms with Crippen LogP contribution < -0.4 is 10.6 Å². The lowest BCUT2D eigenvalue weighted by Gasteiger charge is -2.31. The zero-order chi connectivity index (χ0) is 19.1. The van der Waals surface area contributed by atoms with E-state index in [9.17, 15) is 22.0 Å². The quantitative estimate of drug-likeness (QED) is 0.697. The fourth-order valence-corrected chi connectivity index (χ4v) is 1.84. The number of hydrogen-bond acceptors (Lipinski definition) is 6. The van der Waals surface area contributed by atoms with Gasteiger partial charge in [-0.2, -0.15) is 18.4 Å². The Morgan fingerprint density at radius 2 is 2.08 bits per heavy atom. The Morgan fingerprint density at radius 1 is 1.44 bits per heavy atom. The molecule has 12 heteroatoms. The number of hydrogen-bond donors (Lipinski definition) is 3. The van der Waals surface area contributed by atoms with Crippen LogP contribution in [0, 0.1) is 17.2 Å². The summed E-state index contributed by atoms with van der Waals surface area (Å²) in [5, 5.41) is 21.2. The van der Waals surface area contributed by atoms with Crippen molar-refractivity contribution in [3.63, 3.8) is 0 Å². The zero-order valence-electron chi connectivity index (χ0n) is 12.6. The molecular weight excluding hydrogens is 353 g/mol. The second kappa shape index (κ2) is 8.52. The third-order valence-electron chi connectivity index (χ3n) is 3.17. The Kier molecular flexibility index (Phi) is 6.98. The lowest BCUT2D eigenvalue weighted by Crippen LogP contribution is -2.48. The van der Waals surface area contributed by atoms with Crippen molar-refractivity contribution in [2.45, 2.75) is 18.5 Å². The molecule has 3 N–H and O–H groups in total. The van der Waals surface area contributed by atoms with Gasteiger partial charge < -0.3 is 15.7 Å². The van der Waals surface area contributed by atoms with E-state index in [2.05, 4.69) is 20.6 Å². The van der Waals surface area contributed by atoms with E-state index in [0.29, 0.717) is 18.8 Å². The molecule has 25 heavy (non-hydrogen) atoms. The zero-order valence-corrected chi connectivity index (χ0v) is 12.6. The van der Waals surface area contributed by atoms with Gasteiger partial charge in [0.25, 0.3) is 5.92 Å². The molecule has 1 aliphatic rings. The summed E-state index contributed by atoms with van der Waals surface area (Å²) in [5.41, 5.74) is 0.202. The minimum atomic E-state index is -5.08. The van der Waals surface area contributed by atoms with Crippen LogP contribution in [0.1, 0.15) is 12.1 Å². The van der Waals surface area contributed by atoms with E-state index >= 15 is 0 Å². The lowest BCUT2D eigenvalue weighted by molar-refractivity contribution is -0.192. The Balaban J connectivity index is 0.000000381. The molecule has 1 fully saturated rings. The predicted molar refractivity (Wildman–Crippen MR) is 74.9 cm³/mol. The number of piperidine rings is 1. The second-order valence-corrected chi connectivity index (χ2v) is 5.01. The maximum atomic E-state index is 13.5. The molecule has 1 aromatic rings. The molecule has 138 valence electrons. The summed E-state index contributed by atoms with van der Waals surface area (Å²) in [7, 11) is 0. The van der Waals surface area contributed by atoms with Crippen LogP contribution in [0.25, 0.3) is 0 Å². The normalized spacial score (nSPS) is 19.1. The summed E-state index contributed by atoms with van der Waals surface area (Å²) in [6.07, 6.45) is -1.98. The number of anilines is 1. The van der Waals surface area contributed by atoms with Crippen molar-refractivity contribution in [2.75, 3.05) is 25.0 Å². The van der Waals surface area contributed by atoms with E-state index in [1.54, 1.807) is 0 Å². The monoisotopic (exact) mass is 367 g/mol. The van der Waals surface area contributed by atoms with Gasteiger partial charge in [-0.05, 0) is 13.0 Å². The molecule has 0 bridgehead atoms. The molecular formula is C13H14F5N5O2. The third kappa shape index (κ3) is 6.84. The number of rotatable bonds is 3. The lowest BCUT2D eigenvalue weighted by atomic mass is 9.94. The highest BCUT2D eigenvalue weighted by Crippen LogP contribution is 2.29. The summed E-state index contributed by atoms with van der Waals surface area (Å²) in [6, 6.07) is 1.84. The van der Waals surface area contributed by atoms with Gasteiger partial charge in [0.15, 0.2) is 5.69 Å². The number of aromatic nitrogens is 2. The van der Waals surface area contributed by atoms with Crippen molar-refractivity contribution >= 4 is 11.8 Å². The Labute approximate surface area is 138 Å². The first-order valence-corrected chi connectivity index (χ1v) is 6.91. The number of nitrogens with one attached hydrogen (secondary N) is 2. The molecule has 0 amide bonds. The summed E-state index contributed by atoms with van der Waals surface area (Å²) >= 11 is 0. The van der Waals surface area contributed by atoms with E-state index in [4.69, 9.17) is 15.2 Å². The van der Waals surface area contributed by atoms with Gasteiger partial charge in [0.1, 0.15) is 11.9 Å². The van der Waals surface area contributed by atoms with E-state index in [1.807, 2.05) is 6.07 Å². The van der Waals surface area contributed by atoms with Crippen LogP contribution in [-0.4, -0.2) is 52.8 Å². The van der Waals surface area contributed by atoms with Crippen LogP contribution >= 0.6 is 0 Å². The minimum Gasteiger partial charge on any atom is -0.475 e. The molecule has 0 aliphatic carbocycles. The summed E-state index contributed by atoms with van der Waals surface area (Å²) in [6.45, 7) is 0.467. The number of nitriles is 1. The average molecular weight is 367 g/mol. The van der Waals surface area contributed by atoms with E-state index < -0.39 is 24.0 Å². The van der Waals surface area contributed by atoms with Crippen LogP contribution in [0.5, 0.6) is 0 Å². The highest BCUT2D eigenvalue weighted by atomic mass is 19.4. The van der Waals surface area contributed by atoms with Crippen molar-refractivity contribution < 1.29 is 31.9 Å². The number of aliphatic carboxylic acids is 1. The van der Waals surface area contributed by atoms with Crippen LogP contribution in [0.3, 0.4) is 0 Å². The topological polar surface area (TPSA) is 111 Å². The average Bonchev–Trinajstić information content (AvgIpc) is 2.53. The molecule has 0 spiro atoms. The van der Waals surface area contributed by atoms with Gasteiger partial charge in [-0.1, -0.05) is 0 Å². The number of alkyl halides is 5. The van der Waals surface area contributed by atoms with Gasteiger partial charge in [0.05, 0.1) is 18.9 Å². The molecule has 7 nitrogen and oxygen atoms in total. The van der Waals surface area contributed by atoms with Crippen LogP contribution in [-0.2, 0) is 4.79 Å². The summed E-state index contributed by atoms with van der Waals surface area (Å²) in [4.78, 5) is 16.6. The number of nitrogens with zero attached hydrogens (tertiary/aromatic N) is 3. The fraction of sp³-hybridized carbons (Fsp3) is 0.538. The number of carbonyl (C=O) groups is 1. The summed E-state index contributed by atoms with van der Waals surface area (Å²) < 4.78 is 58.8. The van der Waals surface area contributed by atoms with Crippen molar-refractivity contribution in [3.8, 4) is 6.07 Å². The van der Waals surface area contributed by atoms with Gasteiger partial charge in [0.2, 0.25) is 0 Å². The van der Waals surface area contributed by atoms with Crippen molar-refractivity contribution in [3.05, 3.63) is 18.1 Å². The molecule has 0 saturated carbocycles. The smallest absolute Gasteiger partial charge is 0.475 e. The molecule has 1 aliphatic heterocycles. The van der Waals surface area contributed by atoms with Crippen LogP contribution in [0.4, 0.5) is 27.8 Å². The van der Waals surface area contributed by atoms with Gasteiger partial charge in [0, 0.05) is 12.5 Å². The van der Waals surface area contributed by atoms with Gasteiger partial charge >= 0.3 is 12.1 Å². The van der Waals surface area contributed by atoms with Gasteiger partial charge in [-0.25, -0.2) is 23.5 Å². The van der Waals surface area contributed by atoms with Crippen molar-refractivity contribution in [2.24, 2.45) is 5.92 Å². The Hall–Kier alpha value is -2.55. The van der Waals surface area contributed by atoms with E-state index in [0.717, 1.165) is 0 Å². The van der Waals surface area contributed by atoms with Gasteiger partial charge in [-0.3, -0.25) is 0 Å². The molecule has 2 heterocycles. The highest BCUT2D eigenvalue weighted by Gasteiger charge is 2.41. The number of halogens is 5. The van der Waals surface area contributed by atoms with Crippen LogP contribution in [0.15, 0.2) is 12.4 Å². The largest absolute Gasteiger partial charge is 0.490 e.